The van der Waals surface area contributed by atoms with Crippen LogP contribution in [-0.2, 0) is 4.74 Å². The average molecular weight is 323 g/mol. The zero-order chi connectivity index (χ0) is 17.4. The Bertz CT molecular complexity index is 558. The predicted octanol–water partition coefficient (Wildman–Crippen LogP) is 3.04. The fraction of sp³-hybridized carbons (Fsp3) is 0.765. The lowest BCUT2D eigenvalue weighted by Crippen LogP contribution is -2.50. The van der Waals surface area contributed by atoms with Crippen LogP contribution < -0.4 is 10.6 Å². The van der Waals surface area contributed by atoms with Crippen LogP contribution in [-0.4, -0.2) is 35.0 Å². The Balaban J connectivity index is 1.89. The number of amides is 2. The number of carbonyl (C=O) groups excluding carboxylic acids is 1. The molecule has 0 bridgehead atoms. The first-order chi connectivity index (χ1) is 10.5. The van der Waals surface area contributed by atoms with E-state index < -0.39 is 0 Å². The third-order valence-corrected chi connectivity index (χ3v) is 4.53. The van der Waals surface area contributed by atoms with E-state index >= 15 is 0 Å². The number of nitrogens with zero attached hydrogens (tertiary/aromatic N) is 1. The fourth-order valence-corrected chi connectivity index (χ4v) is 3.54. The van der Waals surface area contributed by atoms with E-state index in [1.807, 2.05) is 41.5 Å². The lowest BCUT2D eigenvalue weighted by molar-refractivity contribution is -0.0690. The molecule has 2 heterocycles. The molecule has 1 fully saturated rings. The maximum atomic E-state index is 12.2. The van der Waals surface area contributed by atoms with Crippen molar-refractivity contribution in [3.8, 4) is 0 Å². The molecule has 0 unspecified atom stereocenters. The molecule has 0 aromatic carbocycles. The van der Waals surface area contributed by atoms with E-state index in [-0.39, 0.29) is 29.2 Å². The smallest absolute Gasteiger partial charge is 0.315 e. The van der Waals surface area contributed by atoms with Crippen molar-refractivity contribution in [3.63, 3.8) is 0 Å². The van der Waals surface area contributed by atoms with Gasteiger partial charge < -0.3 is 19.9 Å². The van der Waals surface area contributed by atoms with Gasteiger partial charge in [-0.3, -0.25) is 0 Å². The summed E-state index contributed by atoms with van der Waals surface area (Å²) in [5, 5.41) is 9.95. The van der Waals surface area contributed by atoms with Crippen LogP contribution in [0, 0.1) is 13.8 Å². The topological polar surface area (TPSA) is 76.4 Å². The van der Waals surface area contributed by atoms with Gasteiger partial charge in [-0.2, -0.15) is 0 Å². The predicted molar refractivity (Wildman–Crippen MR) is 88.6 cm³/mol. The molecule has 0 aliphatic carbocycles. The van der Waals surface area contributed by atoms with E-state index in [2.05, 4.69) is 22.7 Å². The largest absolute Gasteiger partial charge is 0.367 e. The summed E-state index contributed by atoms with van der Waals surface area (Å²) in [6.07, 6.45) is 0.798. The van der Waals surface area contributed by atoms with Gasteiger partial charge in [-0.25, -0.2) is 4.79 Å². The number of carbonyl (C=O) groups is 1. The molecule has 2 N–H and O–H groups in total. The number of aryl methyl sites for hydroxylation is 2. The molecule has 23 heavy (non-hydrogen) atoms. The minimum atomic E-state index is -0.367. The Morgan fingerprint density at radius 3 is 2.48 bits per heavy atom. The van der Waals surface area contributed by atoms with Crippen molar-refractivity contribution in [1.29, 1.82) is 0 Å². The van der Waals surface area contributed by atoms with Crippen LogP contribution in [0.3, 0.4) is 0 Å². The van der Waals surface area contributed by atoms with E-state index in [1.54, 1.807) is 0 Å². The summed E-state index contributed by atoms with van der Waals surface area (Å²) in [6, 6.07) is -0.171. The third-order valence-electron chi connectivity index (χ3n) is 4.53. The summed E-state index contributed by atoms with van der Waals surface area (Å²) in [7, 11) is 0. The van der Waals surface area contributed by atoms with Crippen molar-refractivity contribution in [2.75, 3.05) is 6.54 Å². The van der Waals surface area contributed by atoms with Crippen molar-refractivity contribution >= 4 is 6.03 Å². The van der Waals surface area contributed by atoms with Gasteiger partial charge in [0.2, 0.25) is 0 Å². The zero-order valence-electron chi connectivity index (χ0n) is 15.2. The number of aromatic nitrogens is 1. The van der Waals surface area contributed by atoms with Crippen LogP contribution in [0.15, 0.2) is 4.52 Å². The monoisotopic (exact) mass is 323 g/mol. The Hall–Kier alpha value is -1.56. The summed E-state index contributed by atoms with van der Waals surface area (Å²) >= 11 is 0. The minimum absolute atomic E-state index is 0.00753. The van der Waals surface area contributed by atoms with E-state index in [4.69, 9.17) is 9.26 Å². The molecule has 130 valence electrons. The van der Waals surface area contributed by atoms with E-state index in [1.165, 1.54) is 0 Å². The van der Waals surface area contributed by atoms with E-state index in [9.17, 15) is 4.79 Å². The van der Waals surface area contributed by atoms with Crippen molar-refractivity contribution in [3.05, 3.63) is 17.0 Å². The normalized spacial score (nSPS) is 23.5. The summed E-state index contributed by atoms with van der Waals surface area (Å²) in [5.74, 6) is 0.959. The van der Waals surface area contributed by atoms with E-state index in [0.29, 0.717) is 6.54 Å². The van der Waals surface area contributed by atoms with Gasteiger partial charge in [0.25, 0.3) is 0 Å². The van der Waals surface area contributed by atoms with Gasteiger partial charge in [-0.1, -0.05) is 12.1 Å². The Morgan fingerprint density at radius 1 is 1.35 bits per heavy atom. The van der Waals surface area contributed by atoms with Gasteiger partial charge >= 0.3 is 6.03 Å². The van der Waals surface area contributed by atoms with Crippen molar-refractivity contribution in [2.24, 2.45) is 0 Å². The average Bonchev–Trinajstić information content (AvgIpc) is 2.83. The first-order valence-corrected chi connectivity index (χ1v) is 8.19. The SMILES string of the molecule is Cc1noc(C)c1[C@@H](C)CNC(=O)N[C@H]1CC(C)(C)OC1(C)C. The minimum Gasteiger partial charge on any atom is -0.367 e. The van der Waals surface area contributed by atoms with Crippen LogP contribution >= 0.6 is 0 Å². The maximum Gasteiger partial charge on any atom is 0.315 e. The molecule has 2 rings (SSSR count). The highest BCUT2D eigenvalue weighted by molar-refractivity contribution is 5.74. The van der Waals surface area contributed by atoms with Crippen LogP contribution in [0.2, 0.25) is 0 Å². The first-order valence-electron chi connectivity index (χ1n) is 8.19. The molecular formula is C17H29N3O3. The molecular weight excluding hydrogens is 294 g/mol. The van der Waals surface area contributed by atoms with Gasteiger partial charge in [-0.05, 0) is 48.0 Å². The van der Waals surface area contributed by atoms with Gasteiger partial charge in [0.15, 0.2) is 0 Å². The highest BCUT2D eigenvalue weighted by Gasteiger charge is 2.46. The Kier molecular flexibility index (Phi) is 4.76. The summed E-state index contributed by atoms with van der Waals surface area (Å²) in [6.45, 7) is 14.5. The van der Waals surface area contributed by atoms with Crippen LogP contribution in [0.1, 0.15) is 64.0 Å². The number of urea groups is 1. The number of ether oxygens (including phenoxy) is 1. The number of hydrogen-bond donors (Lipinski definition) is 2. The highest BCUT2D eigenvalue weighted by atomic mass is 16.5. The quantitative estimate of drug-likeness (QED) is 0.893. The standard InChI is InChI=1S/C17H29N3O3/c1-10(14-11(2)20-22-12(14)3)9-18-15(21)19-13-8-16(4,5)23-17(13,6)7/h10,13H,8-9H2,1-7H3,(H2,18,19,21)/t10-,13-/m0/s1. The second kappa shape index (κ2) is 6.15. The Labute approximate surface area is 138 Å². The zero-order valence-corrected chi connectivity index (χ0v) is 15.2. The lowest BCUT2D eigenvalue weighted by atomic mass is 9.94. The summed E-state index contributed by atoms with van der Waals surface area (Å²) in [5.41, 5.74) is 1.36. The van der Waals surface area contributed by atoms with Crippen molar-refractivity contribution < 1.29 is 14.1 Å². The third kappa shape index (κ3) is 4.05. The molecule has 2 amide bonds. The first kappa shape index (κ1) is 17.8. The highest BCUT2D eigenvalue weighted by Crippen LogP contribution is 2.37. The van der Waals surface area contributed by atoms with E-state index in [0.717, 1.165) is 23.4 Å². The molecule has 6 heteroatoms. The molecule has 0 saturated carbocycles. The van der Waals surface area contributed by atoms with Gasteiger partial charge in [0.1, 0.15) is 5.76 Å². The van der Waals surface area contributed by atoms with Crippen molar-refractivity contribution in [2.45, 2.75) is 78.0 Å². The number of nitrogens with one attached hydrogen (secondary N) is 2. The van der Waals surface area contributed by atoms with Crippen LogP contribution in [0.4, 0.5) is 4.79 Å². The molecule has 2 atom stereocenters. The molecule has 1 aromatic heterocycles. The lowest BCUT2D eigenvalue weighted by Gasteiger charge is -2.27. The molecule has 0 spiro atoms. The molecule has 1 aromatic rings. The number of rotatable bonds is 4. The second-order valence-corrected chi connectivity index (χ2v) is 7.72. The number of hydrogen-bond acceptors (Lipinski definition) is 4. The Morgan fingerprint density at radius 2 is 2.00 bits per heavy atom. The molecule has 6 nitrogen and oxygen atoms in total. The fourth-order valence-electron chi connectivity index (χ4n) is 3.54. The molecule has 1 saturated heterocycles. The molecule has 0 radical (unpaired) electrons. The van der Waals surface area contributed by atoms with Crippen LogP contribution in [0.25, 0.3) is 0 Å². The van der Waals surface area contributed by atoms with Gasteiger partial charge in [-0.15, -0.1) is 0 Å². The van der Waals surface area contributed by atoms with Gasteiger partial charge in [0, 0.05) is 18.0 Å². The van der Waals surface area contributed by atoms with Crippen LogP contribution in [0.5, 0.6) is 0 Å². The summed E-state index contributed by atoms with van der Waals surface area (Å²) in [4.78, 5) is 12.2. The molecule has 1 aliphatic heterocycles. The van der Waals surface area contributed by atoms with Gasteiger partial charge in [0.05, 0.1) is 22.9 Å². The summed E-state index contributed by atoms with van der Waals surface area (Å²) < 4.78 is 11.2. The second-order valence-electron chi connectivity index (χ2n) is 7.72. The maximum absolute atomic E-state index is 12.2. The molecule has 1 aliphatic rings. The van der Waals surface area contributed by atoms with Crippen molar-refractivity contribution in [1.82, 2.24) is 15.8 Å².